The Morgan fingerprint density at radius 2 is 1.88 bits per heavy atom. The first-order valence-electron chi connectivity index (χ1n) is 6.54. The predicted molar refractivity (Wildman–Crippen MR) is 69.4 cm³/mol. The first kappa shape index (κ1) is 12.4. The van der Waals surface area contributed by atoms with Crippen molar-refractivity contribution in [2.45, 2.75) is 51.1 Å². The molecule has 0 radical (unpaired) electrons. The average molecular weight is 236 g/mol. The van der Waals surface area contributed by atoms with E-state index in [0.29, 0.717) is 11.6 Å². The molecule has 1 aromatic carbocycles. The van der Waals surface area contributed by atoms with Gasteiger partial charge in [0.1, 0.15) is 5.82 Å². The van der Waals surface area contributed by atoms with Gasteiger partial charge in [-0.05, 0) is 31.0 Å². The van der Waals surface area contributed by atoms with Crippen LogP contribution in [0.3, 0.4) is 0 Å². The standard InChI is InChI=1S/C14H21FN2/c15-14-8-7-13(9-11(14)10-16)17-12-5-3-1-2-4-6-12/h7-9,12,17H,1-6,10,16H2. The summed E-state index contributed by atoms with van der Waals surface area (Å²) in [6.07, 6.45) is 7.71. The van der Waals surface area contributed by atoms with Crippen molar-refractivity contribution in [3.8, 4) is 0 Å². The minimum absolute atomic E-state index is 0.209. The summed E-state index contributed by atoms with van der Waals surface area (Å²) in [4.78, 5) is 0. The molecule has 0 unspecified atom stereocenters. The van der Waals surface area contributed by atoms with Gasteiger partial charge in [0.05, 0.1) is 0 Å². The molecule has 1 aliphatic carbocycles. The lowest BCUT2D eigenvalue weighted by atomic mass is 10.1. The van der Waals surface area contributed by atoms with Gasteiger partial charge in [-0.3, -0.25) is 0 Å². The molecule has 1 aliphatic rings. The van der Waals surface area contributed by atoms with Crippen molar-refractivity contribution in [1.82, 2.24) is 0 Å². The maximum Gasteiger partial charge on any atom is 0.127 e. The van der Waals surface area contributed by atoms with Crippen molar-refractivity contribution in [2.24, 2.45) is 5.73 Å². The zero-order valence-electron chi connectivity index (χ0n) is 10.2. The van der Waals surface area contributed by atoms with E-state index >= 15 is 0 Å². The van der Waals surface area contributed by atoms with Gasteiger partial charge in [-0.15, -0.1) is 0 Å². The molecule has 2 nitrogen and oxygen atoms in total. The Kier molecular flexibility index (Phi) is 4.37. The number of anilines is 1. The van der Waals surface area contributed by atoms with Gasteiger partial charge >= 0.3 is 0 Å². The SMILES string of the molecule is NCc1cc(NC2CCCCCC2)ccc1F. The van der Waals surface area contributed by atoms with Gasteiger partial charge in [0, 0.05) is 23.8 Å². The molecule has 0 spiro atoms. The van der Waals surface area contributed by atoms with Crippen LogP contribution in [0.2, 0.25) is 0 Å². The number of benzene rings is 1. The minimum atomic E-state index is -0.209. The van der Waals surface area contributed by atoms with Crippen LogP contribution in [-0.4, -0.2) is 6.04 Å². The second-order valence-corrected chi connectivity index (χ2v) is 4.84. The third kappa shape index (κ3) is 3.43. The lowest BCUT2D eigenvalue weighted by Crippen LogP contribution is -2.18. The van der Waals surface area contributed by atoms with Crippen molar-refractivity contribution >= 4 is 5.69 Å². The second kappa shape index (κ2) is 6.01. The quantitative estimate of drug-likeness (QED) is 0.789. The number of hydrogen-bond acceptors (Lipinski definition) is 2. The maximum absolute atomic E-state index is 13.3. The van der Waals surface area contributed by atoms with Gasteiger partial charge in [-0.25, -0.2) is 4.39 Å². The molecule has 0 amide bonds. The molecular weight excluding hydrogens is 215 g/mol. The molecule has 0 bridgehead atoms. The Morgan fingerprint density at radius 3 is 2.53 bits per heavy atom. The summed E-state index contributed by atoms with van der Waals surface area (Å²) in [5, 5.41) is 3.50. The van der Waals surface area contributed by atoms with Gasteiger partial charge in [-0.1, -0.05) is 25.7 Å². The van der Waals surface area contributed by atoms with Crippen LogP contribution in [0, 0.1) is 5.82 Å². The Balaban J connectivity index is 2.01. The highest BCUT2D eigenvalue weighted by atomic mass is 19.1. The van der Waals surface area contributed by atoms with Gasteiger partial charge in [0.2, 0.25) is 0 Å². The van der Waals surface area contributed by atoms with E-state index < -0.39 is 0 Å². The minimum Gasteiger partial charge on any atom is -0.382 e. The van der Waals surface area contributed by atoms with Gasteiger partial charge in [0.25, 0.3) is 0 Å². The van der Waals surface area contributed by atoms with E-state index in [1.165, 1.54) is 44.6 Å². The van der Waals surface area contributed by atoms with Crippen molar-refractivity contribution in [3.05, 3.63) is 29.6 Å². The third-order valence-electron chi connectivity index (χ3n) is 3.49. The zero-order chi connectivity index (χ0) is 12.1. The Bertz CT molecular complexity index is 357. The normalized spacial score (nSPS) is 17.8. The van der Waals surface area contributed by atoms with E-state index in [2.05, 4.69) is 5.32 Å². The van der Waals surface area contributed by atoms with Crippen LogP contribution in [0.5, 0.6) is 0 Å². The summed E-state index contributed by atoms with van der Waals surface area (Å²) >= 11 is 0. The highest BCUT2D eigenvalue weighted by Crippen LogP contribution is 2.22. The van der Waals surface area contributed by atoms with Gasteiger partial charge in [0.15, 0.2) is 0 Å². The highest BCUT2D eigenvalue weighted by molar-refractivity contribution is 5.47. The van der Waals surface area contributed by atoms with Crippen LogP contribution in [0.15, 0.2) is 18.2 Å². The van der Waals surface area contributed by atoms with Crippen LogP contribution >= 0.6 is 0 Å². The second-order valence-electron chi connectivity index (χ2n) is 4.84. The van der Waals surface area contributed by atoms with Crippen LogP contribution in [0.4, 0.5) is 10.1 Å². The fraction of sp³-hybridized carbons (Fsp3) is 0.571. The van der Waals surface area contributed by atoms with E-state index in [-0.39, 0.29) is 12.4 Å². The predicted octanol–water partition coefficient (Wildman–Crippen LogP) is 3.42. The largest absolute Gasteiger partial charge is 0.382 e. The van der Waals surface area contributed by atoms with Crippen molar-refractivity contribution in [1.29, 1.82) is 0 Å². The third-order valence-corrected chi connectivity index (χ3v) is 3.49. The van der Waals surface area contributed by atoms with Crippen LogP contribution < -0.4 is 11.1 Å². The van der Waals surface area contributed by atoms with Crippen molar-refractivity contribution < 1.29 is 4.39 Å². The Labute approximate surface area is 102 Å². The molecule has 0 saturated heterocycles. The van der Waals surface area contributed by atoms with E-state index in [9.17, 15) is 4.39 Å². The number of nitrogens with two attached hydrogens (primary N) is 1. The fourth-order valence-corrected chi connectivity index (χ4v) is 2.48. The molecule has 2 rings (SSSR count). The first-order chi connectivity index (χ1) is 8.29. The van der Waals surface area contributed by atoms with Crippen LogP contribution in [0.1, 0.15) is 44.1 Å². The molecule has 3 N–H and O–H groups in total. The van der Waals surface area contributed by atoms with Crippen LogP contribution in [0.25, 0.3) is 0 Å². The Hall–Kier alpha value is -1.09. The Morgan fingerprint density at radius 1 is 1.18 bits per heavy atom. The van der Waals surface area contributed by atoms with E-state index in [0.717, 1.165) is 5.69 Å². The number of halogens is 1. The molecular formula is C14H21FN2. The molecule has 1 fully saturated rings. The lowest BCUT2D eigenvalue weighted by Gasteiger charge is -2.18. The lowest BCUT2D eigenvalue weighted by molar-refractivity contribution is 0.607. The molecule has 0 heterocycles. The van der Waals surface area contributed by atoms with Crippen molar-refractivity contribution in [3.63, 3.8) is 0 Å². The van der Waals surface area contributed by atoms with Crippen LogP contribution in [-0.2, 0) is 6.54 Å². The monoisotopic (exact) mass is 236 g/mol. The molecule has 17 heavy (non-hydrogen) atoms. The topological polar surface area (TPSA) is 38.0 Å². The van der Waals surface area contributed by atoms with Crippen molar-refractivity contribution in [2.75, 3.05) is 5.32 Å². The van der Waals surface area contributed by atoms with Gasteiger partial charge in [-0.2, -0.15) is 0 Å². The first-order valence-corrected chi connectivity index (χ1v) is 6.54. The summed E-state index contributed by atoms with van der Waals surface area (Å²) < 4.78 is 13.3. The molecule has 0 atom stereocenters. The fourth-order valence-electron chi connectivity index (χ4n) is 2.48. The van der Waals surface area contributed by atoms with E-state index in [1.807, 2.05) is 6.07 Å². The van der Waals surface area contributed by atoms with E-state index in [1.54, 1.807) is 6.07 Å². The highest BCUT2D eigenvalue weighted by Gasteiger charge is 2.12. The zero-order valence-corrected chi connectivity index (χ0v) is 10.2. The molecule has 0 aliphatic heterocycles. The number of rotatable bonds is 3. The van der Waals surface area contributed by atoms with Gasteiger partial charge < -0.3 is 11.1 Å². The summed E-state index contributed by atoms with van der Waals surface area (Å²) in [6, 6.07) is 5.68. The maximum atomic E-state index is 13.3. The molecule has 1 saturated carbocycles. The summed E-state index contributed by atoms with van der Waals surface area (Å²) in [5.41, 5.74) is 7.10. The molecule has 94 valence electrons. The number of hydrogen-bond donors (Lipinski definition) is 2. The smallest absolute Gasteiger partial charge is 0.127 e. The average Bonchev–Trinajstić information content (AvgIpc) is 2.60. The number of nitrogens with one attached hydrogen (secondary N) is 1. The summed E-state index contributed by atoms with van der Waals surface area (Å²) in [6.45, 7) is 0.256. The van der Waals surface area contributed by atoms with E-state index in [4.69, 9.17) is 5.73 Å². The summed E-state index contributed by atoms with van der Waals surface area (Å²) in [5.74, 6) is -0.209. The summed E-state index contributed by atoms with van der Waals surface area (Å²) in [7, 11) is 0. The molecule has 3 heteroatoms. The molecule has 0 aromatic heterocycles. The molecule has 1 aromatic rings.